The van der Waals surface area contributed by atoms with Crippen molar-refractivity contribution in [1.29, 1.82) is 0 Å². The van der Waals surface area contributed by atoms with Gasteiger partial charge in [0, 0.05) is 5.56 Å². The maximum Gasteiger partial charge on any atom is 0.154 e. The minimum atomic E-state index is -0.465. The maximum absolute atomic E-state index is 13.3. The van der Waals surface area contributed by atoms with E-state index in [0.29, 0.717) is 17.2 Å². The van der Waals surface area contributed by atoms with Crippen LogP contribution < -0.4 is 5.32 Å². The first kappa shape index (κ1) is 15.7. The molecule has 0 aliphatic carbocycles. The highest BCUT2D eigenvalue weighted by molar-refractivity contribution is 6.31. The molecule has 0 amide bonds. The molecule has 0 bridgehead atoms. The molecule has 2 heterocycles. The quantitative estimate of drug-likeness (QED) is 0.751. The number of hydrogen-bond donors (Lipinski definition) is 2. The van der Waals surface area contributed by atoms with E-state index in [1.807, 2.05) is 19.1 Å². The van der Waals surface area contributed by atoms with Gasteiger partial charge in [0.15, 0.2) is 5.65 Å². The van der Waals surface area contributed by atoms with Crippen LogP contribution in [0.25, 0.3) is 16.9 Å². The van der Waals surface area contributed by atoms with Crippen molar-refractivity contribution < 1.29 is 9.50 Å². The Morgan fingerprint density at radius 2 is 2.17 bits per heavy atom. The van der Waals surface area contributed by atoms with Crippen molar-refractivity contribution in [1.82, 2.24) is 14.6 Å². The van der Waals surface area contributed by atoms with Crippen molar-refractivity contribution in [3.05, 3.63) is 47.4 Å². The predicted molar refractivity (Wildman–Crippen MR) is 88.2 cm³/mol. The van der Waals surface area contributed by atoms with E-state index in [1.165, 1.54) is 6.07 Å². The molecule has 3 aromatic rings. The van der Waals surface area contributed by atoms with Crippen molar-refractivity contribution in [2.24, 2.45) is 0 Å². The van der Waals surface area contributed by atoms with E-state index >= 15 is 0 Å². The fraction of sp³-hybridized carbons (Fsp3) is 0.250. The molecule has 5 nitrogen and oxygen atoms in total. The third-order valence-electron chi connectivity index (χ3n) is 3.64. The molecule has 0 saturated carbocycles. The molecule has 2 N–H and O–H groups in total. The van der Waals surface area contributed by atoms with Gasteiger partial charge in [0.1, 0.15) is 11.6 Å². The number of anilines is 1. The molecule has 1 unspecified atom stereocenters. The summed E-state index contributed by atoms with van der Waals surface area (Å²) < 4.78 is 15.0. The number of hydrogen-bond acceptors (Lipinski definition) is 4. The molecule has 0 radical (unpaired) electrons. The number of fused-ring (bicyclic) bond motifs is 1. The molecule has 120 valence electrons. The molecular formula is C16H16ClFN4O. The van der Waals surface area contributed by atoms with Crippen LogP contribution >= 0.6 is 11.6 Å². The van der Waals surface area contributed by atoms with Gasteiger partial charge in [0.2, 0.25) is 0 Å². The van der Waals surface area contributed by atoms with Crippen LogP contribution in [-0.2, 0) is 0 Å². The lowest BCUT2D eigenvalue weighted by Gasteiger charge is -2.14. The Labute approximate surface area is 137 Å². The first-order valence-corrected chi connectivity index (χ1v) is 7.67. The third-order valence-corrected chi connectivity index (χ3v) is 3.93. The Morgan fingerprint density at radius 3 is 2.87 bits per heavy atom. The lowest BCUT2D eigenvalue weighted by Crippen LogP contribution is -2.23. The number of imidazole rings is 1. The van der Waals surface area contributed by atoms with Crippen molar-refractivity contribution in [3.63, 3.8) is 0 Å². The van der Waals surface area contributed by atoms with Gasteiger partial charge >= 0.3 is 0 Å². The monoisotopic (exact) mass is 334 g/mol. The molecule has 0 saturated heterocycles. The number of nitrogens with zero attached hydrogens (tertiary/aromatic N) is 3. The fourth-order valence-electron chi connectivity index (χ4n) is 2.29. The minimum absolute atomic E-state index is 0.0283. The number of rotatable bonds is 5. The van der Waals surface area contributed by atoms with Gasteiger partial charge in [-0.2, -0.15) is 0 Å². The van der Waals surface area contributed by atoms with E-state index < -0.39 is 5.82 Å². The normalized spacial score (nSPS) is 12.5. The molecule has 23 heavy (non-hydrogen) atoms. The molecule has 0 aliphatic rings. The number of aliphatic hydroxyl groups is 1. The largest absolute Gasteiger partial charge is 0.394 e. The van der Waals surface area contributed by atoms with Crippen LogP contribution in [0.1, 0.15) is 13.3 Å². The number of benzene rings is 1. The van der Waals surface area contributed by atoms with E-state index in [1.54, 1.807) is 22.8 Å². The Kier molecular flexibility index (Phi) is 4.45. The Balaban J connectivity index is 2.02. The number of nitrogens with one attached hydrogen (secondary N) is 1. The van der Waals surface area contributed by atoms with Gasteiger partial charge in [0.05, 0.1) is 29.6 Å². The zero-order chi connectivity index (χ0) is 16.4. The molecule has 0 fully saturated rings. The summed E-state index contributed by atoms with van der Waals surface area (Å²) in [6.45, 7) is 2.01. The van der Waals surface area contributed by atoms with Gasteiger partial charge in [-0.3, -0.25) is 0 Å². The van der Waals surface area contributed by atoms with E-state index in [9.17, 15) is 9.50 Å². The second kappa shape index (κ2) is 6.52. The second-order valence-electron chi connectivity index (χ2n) is 5.19. The average molecular weight is 335 g/mol. The summed E-state index contributed by atoms with van der Waals surface area (Å²) in [5.41, 5.74) is 2.10. The summed E-state index contributed by atoms with van der Waals surface area (Å²) in [7, 11) is 0. The van der Waals surface area contributed by atoms with Crippen LogP contribution in [0.3, 0.4) is 0 Å². The smallest absolute Gasteiger partial charge is 0.154 e. The van der Waals surface area contributed by atoms with E-state index in [0.717, 1.165) is 12.0 Å². The molecule has 7 heteroatoms. The summed E-state index contributed by atoms with van der Waals surface area (Å²) in [5.74, 6) is 0.166. The van der Waals surface area contributed by atoms with Crippen molar-refractivity contribution in [2.45, 2.75) is 19.4 Å². The highest BCUT2D eigenvalue weighted by atomic mass is 35.5. The predicted octanol–water partition coefficient (Wildman–Crippen LogP) is 3.37. The van der Waals surface area contributed by atoms with E-state index in [-0.39, 0.29) is 17.7 Å². The second-order valence-corrected chi connectivity index (χ2v) is 5.60. The Morgan fingerprint density at radius 1 is 1.35 bits per heavy atom. The lowest BCUT2D eigenvalue weighted by atomic mass is 10.2. The van der Waals surface area contributed by atoms with Gasteiger partial charge in [-0.1, -0.05) is 18.5 Å². The topological polar surface area (TPSA) is 62.5 Å². The molecule has 1 aromatic carbocycles. The Hall–Kier alpha value is -2.18. The van der Waals surface area contributed by atoms with Gasteiger partial charge in [-0.05, 0) is 36.8 Å². The molecule has 0 spiro atoms. The van der Waals surface area contributed by atoms with Crippen LogP contribution in [0.15, 0.2) is 36.5 Å². The van der Waals surface area contributed by atoms with Gasteiger partial charge in [0.25, 0.3) is 0 Å². The summed E-state index contributed by atoms with van der Waals surface area (Å²) in [6.07, 6.45) is 2.44. The lowest BCUT2D eigenvalue weighted by molar-refractivity contribution is 0.271. The van der Waals surface area contributed by atoms with Gasteiger partial charge in [-0.15, -0.1) is 5.10 Å². The SMILES string of the molecule is CCC(CO)Nc1ccc2ncc(-c3ccc(F)c(Cl)c3)n2n1. The van der Waals surface area contributed by atoms with Crippen LogP contribution in [-0.4, -0.2) is 32.4 Å². The van der Waals surface area contributed by atoms with Crippen LogP contribution in [0.4, 0.5) is 10.2 Å². The van der Waals surface area contributed by atoms with Gasteiger partial charge in [-0.25, -0.2) is 13.9 Å². The Bertz CT molecular complexity index is 832. The van der Waals surface area contributed by atoms with Crippen molar-refractivity contribution in [2.75, 3.05) is 11.9 Å². The molecule has 1 atom stereocenters. The van der Waals surface area contributed by atoms with E-state index in [2.05, 4.69) is 15.4 Å². The highest BCUT2D eigenvalue weighted by Gasteiger charge is 2.11. The summed E-state index contributed by atoms with van der Waals surface area (Å²) in [4.78, 5) is 4.29. The number of halogens is 2. The van der Waals surface area contributed by atoms with Crippen LogP contribution in [0, 0.1) is 5.82 Å². The first-order chi connectivity index (χ1) is 11.1. The molecule has 3 rings (SSSR count). The average Bonchev–Trinajstić information content (AvgIpc) is 2.98. The number of aliphatic hydroxyl groups excluding tert-OH is 1. The molecule has 0 aliphatic heterocycles. The van der Waals surface area contributed by atoms with Crippen molar-refractivity contribution in [3.8, 4) is 11.3 Å². The van der Waals surface area contributed by atoms with Crippen LogP contribution in [0.5, 0.6) is 0 Å². The van der Waals surface area contributed by atoms with Gasteiger partial charge < -0.3 is 10.4 Å². The zero-order valence-corrected chi connectivity index (χ0v) is 13.3. The minimum Gasteiger partial charge on any atom is -0.394 e. The summed E-state index contributed by atoms with van der Waals surface area (Å²) in [6, 6.07) is 8.07. The zero-order valence-electron chi connectivity index (χ0n) is 12.5. The van der Waals surface area contributed by atoms with Crippen LogP contribution in [0.2, 0.25) is 5.02 Å². The summed E-state index contributed by atoms with van der Waals surface area (Å²) in [5, 5.41) is 17.0. The van der Waals surface area contributed by atoms with Crippen molar-refractivity contribution >= 4 is 23.1 Å². The van der Waals surface area contributed by atoms with E-state index in [4.69, 9.17) is 11.6 Å². The fourth-order valence-corrected chi connectivity index (χ4v) is 2.47. The molecule has 2 aromatic heterocycles. The molecular weight excluding hydrogens is 319 g/mol. The maximum atomic E-state index is 13.3. The number of aromatic nitrogens is 3. The third kappa shape index (κ3) is 3.13. The standard InChI is InChI=1S/C16H16ClFN4O/c1-2-11(9-23)20-15-5-6-16-19-8-14(22(16)21-15)10-3-4-13(18)12(17)7-10/h3-8,11,23H,2,9H2,1H3,(H,20,21). The first-order valence-electron chi connectivity index (χ1n) is 7.30. The highest BCUT2D eigenvalue weighted by Crippen LogP contribution is 2.25. The summed E-state index contributed by atoms with van der Waals surface area (Å²) >= 11 is 5.85.